The first-order valence-corrected chi connectivity index (χ1v) is 10.3. The Labute approximate surface area is 169 Å². The number of pyridine rings is 1. The van der Waals surface area contributed by atoms with Crippen molar-refractivity contribution in [3.05, 3.63) is 70.3 Å². The van der Waals surface area contributed by atoms with Crippen LogP contribution in [0.5, 0.6) is 5.75 Å². The van der Waals surface area contributed by atoms with Crippen molar-refractivity contribution in [2.24, 2.45) is 0 Å². The number of hydrogen-bond acceptors (Lipinski definition) is 8. The molecule has 0 unspecified atom stereocenters. The summed E-state index contributed by atoms with van der Waals surface area (Å²) < 4.78 is 7.57. The van der Waals surface area contributed by atoms with Gasteiger partial charge in [0.25, 0.3) is 5.56 Å². The molecule has 0 amide bonds. The standard InChI is InChI=1S/C19H17N5O2S2/c1-12-6-7-24-16(8-12)20-14(10-17(24)25)11-27-19-23-22-18(28-19)21-13-4-3-5-15(9-13)26-2/h3-10H,11H2,1-2H3,(H,21,22). The van der Waals surface area contributed by atoms with Crippen LogP contribution in [0.4, 0.5) is 10.8 Å². The van der Waals surface area contributed by atoms with Gasteiger partial charge in [0.15, 0.2) is 4.34 Å². The van der Waals surface area contributed by atoms with E-state index in [1.165, 1.54) is 23.1 Å². The number of benzene rings is 1. The van der Waals surface area contributed by atoms with Crippen LogP contribution in [0.15, 0.2) is 57.8 Å². The van der Waals surface area contributed by atoms with Crippen LogP contribution in [0, 0.1) is 6.92 Å². The lowest BCUT2D eigenvalue weighted by Crippen LogP contribution is -2.15. The zero-order valence-corrected chi connectivity index (χ0v) is 16.9. The number of nitrogens with one attached hydrogen (secondary N) is 1. The summed E-state index contributed by atoms with van der Waals surface area (Å²) in [5.74, 6) is 1.32. The summed E-state index contributed by atoms with van der Waals surface area (Å²) in [6.07, 6.45) is 1.75. The second-order valence-electron chi connectivity index (χ2n) is 6.04. The molecule has 0 spiro atoms. The van der Waals surface area contributed by atoms with E-state index in [1.807, 2.05) is 43.3 Å². The van der Waals surface area contributed by atoms with Crippen molar-refractivity contribution >= 4 is 39.6 Å². The fourth-order valence-electron chi connectivity index (χ4n) is 2.61. The highest BCUT2D eigenvalue weighted by Gasteiger charge is 2.08. The fraction of sp³-hybridized carbons (Fsp3) is 0.158. The molecule has 142 valence electrons. The molecule has 0 saturated heterocycles. The lowest BCUT2D eigenvalue weighted by atomic mass is 10.3. The number of fused-ring (bicyclic) bond motifs is 1. The topological polar surface area (TPSA) is 81.4 Å². The number of nitrogens with zero attached hydrogens (tertiary/aromatic N) is 4. The first kappa shape index (κ1) is 18.5. The van der Waals surface area contributed by atoms with E-state index >= 15 is 0 Å². The maximum atomic E-state index is 12.2. The van der Waals surface area contributed by atoms with Crippen LogP contribution in [0.3, 0.4) is 0 Å². The van der Waals surface area contributed by atoms with Gasteiger partial charge in [0.1, 0.15) is 11.4 Å². The Morgan fingerprint density at radius 3 is 2.96 bits per heavy atom. The van der Waals surface area contributed by atoms with Gasteiger partial charge >= 0.3 is 0 Å². The monoisotopic (exact) mass is 411 g/mol. The number of methoxy groups -OCH3 is 1. The molecule has 0 aliphatic rings. The molecule has 0 fully saturated rings. The lowest BCUT2D eigenvalue weighted by molar-refractivity contribution is 0.415. The van der Waals surface area contributed by atoms with Crippen LogP contribution in [-0.2, 0) is 5.75 Å². The molecule has 0 saturated carbocycles. The minimum absolute atomic E-state index is 0.0850. The van der Waals surface area contributed by atoms with Crippen LogP contribution < -0.4 is 15.6 Å². The Balaban J connectivity index is 1.46. The SMILES string of the molecule is COc1cccc(Nc2nnc(SCc3cc(=O)n4ccc(C)cc4n3)s2)c1. The zero-order valence-electron chi connectivity index (χ0n) is 15.2. The number of ether oxygens (including phenoxy) is 1. The highest BCUT2D eigenvalue weighted by atomic mass is 32.2. The van der Waals surface area contributed by atoms with E-state index in [0.717, 1.165) is 27.0 Å². The molecule has 0 radical (unpaired) electrons. The molecule has 4 aromatic rings. The van der Waals surface area contributed by atoms with Gasteiger partial charge in [0.05, 0.1) is 12.8 Å². The Kier molecular flexibility index (Phi) is 5.27. The number of anilines is 2. The van der Waals surface area contributed by atoms with Gasteiger partial charge in [0.2, 0.25) is 5.13 Å². The summed E-state index contributed by atoms with van der Waals surface area (Å²) in [7, 11) is 1.63. The smallest absolute Gasteiger partial charge is 0.258 e. The number of aromatic nitrogens is 4. The molecule has 0 aliphatic heterocycles. The molecule has 0 bridgehead atoms. The van der Waals surface area contributed by atoms with Crippen molar-refractivity contribution in [3.63, 3.8) is 0 Å². The van der Waals surface area contributed by atoms with Gasteiger partial charge in [-0.1, -0.05) is 29.2 Å². The van der Waals surface area contributed by atoms with Crippen molar-refractivity contribution in [1.29, 1.82) is 0 Å². The summed E-state index contributed by atoms with van der Waals surface area (Å²) in [6.45, 7) is 1.98. The van der Waals surface area contributed by atoms with E-state index in [1.54, 1.807) is 23.8 Å². The molecule has 3 heterocycles. The van der Waals surface area contributed by atoms with E-state index in [4.69, 9.17) is 4.74 Å². The molecule has 1 N–H and O–H groups in total. The van der Waals surface area contributed by atoms with E-state index in [2.05, 4.69) is 20.5 Å². The zero-order chi connectivity index (χ0) is 19.5. The molecule has 1 aromatic carbocycles. The molecule has 3 aromatic heterocycles. The Bertz CT molecular complexity index is 1190. The number of aryl methyl sites for hydroxylation is 1. The normalized spacial score (nSPS) is 10.9. The van der Waals surface area contributed by atoms with Crippen LogP contribution in [0.2, 0.25) is 0 Å². The van der Waals surface area contributed by atoms with Gasteiger partial charge in [-0.25, -0.2) is 4.98 Å². The minimum Gasteiger partial charge on any atom is -0.497 e. The van der Waals surface area contributed by atoms with Gasteiger partial charge in [-0.15, -0.1) is 10.2 Å². The lowest BCUT2D eigenvalue weighted by Gasteiger charge is -2.04. The maximum Gasteiger partial charge on any atom is 0.258 e. The van der Waals surface area contributed by atoms with Gasteiger partial charge in [0, 0.05) is 29.8 Å². The second kappa shape index (κ2) is 7.99. The third-order valence-corrected chi connectivity index (χ3v) is 5.95. The first-order chi connectivity index (χ1) is 13.6. The molecule has 0 atom stereocenters. The minimum atomic E-state index is -0.0850. The highest BCUT2D eigenvalue weighted by Crippen LogP contribution is 2.30. The summed E-state index contributed by atoms with van der Waals surface area (Å²) in [5.41, 5.74) is 3.23. The van der Waals surface area contributed by atoms with Gasteiger partial charge in [-0.2, -0.15) is 0 Å². The fourth-order valence-corrected chi connectivity index (χ4v) is 4.27. The summed E-state index contributed by atoms with van der Waals surface area (Å²) in [5, 5.41) is 12.3. The molecule has 7 nitrogen and oxygen atoms in total. The third kappa shape index (κ3) is 4.15. The van der Waals surface area contributed by atoms with Crippen molar-refractivity contribution in [1.82, 2.24) is 19.6 Å². The van der Waals surface area contributed by atoms with Crippen molar-refractivity contribution < 1.29 is 4.74 Å². The van der Waals surface area contributed by atoms with Gasteiger partial charge in [-0.05, 0) is 36.8 Å². The summed E-state index contributed by atoms with van der Waals surface area (Å²) in [6, 6.07) is 13.0. The average molecular weight is 412 g/mol. The molecule has 0 aliphatic carbocycles. The summed E-state index contributed by atoms with van der Waals surface area (Å²) >= 11 is 2.95. The molecule has 9 heteroatoms. The molecule has 28 heavy (non-hydrogen) atoms. The van der Waals surface area contributed by atoms with Crippen LogP contribution >= 0.6 is 23.1 Å². The second-order valence-corrected chi connectivity index (χ2v) is 8.24. The van der Waals surface area contributed by atoms with Crippen molar-refractivity contribution in [3.8, 4) is 5.75 Å². The first-order valence-electron chi connectivity index (χ1n) is 8.47. The predicted molar refractivity (Wildman–Crippen MR) is 112 cm³/mol. The average Bonchev–Trinajstić information content (AvgIpc) is 3.13. The molecular formula is C19H17N5O2S2. The summed E-state index contributed by atoms with van der Waals surface area (Å²) in [4.78, 5) is 16.8. The maximum absolute atomic E-state index is 12.2. The highest BCUT2D eigenvalue weighted by molar-refractivity contribution is 8.00. The Hall–Kier alpha value is -2.91. The van der Waals surface area contributed by atoms with Crippen molar-refractivity contribution in [2.75, 3.05) is 12.4 Å². The molecule has 4 rings (SSSR count). The van der Waals surface area contributed by atoms with Crippen molar-refractivity contribution in [2.45, 2.75) is 17.0 Å². The van der Waals surface area contributed by atoms with Gasteiger partial charge < -0.3 is 10.1 Å². The van der Waals surface area contributed by atoms with Crippen LogP contribution in [-0.4, -0.2) is 26.7 Å². The molecular weight excluding hydrogens is 394 g/mol. The third-order valence-electron chi connectivity index (χ3n) is 3.95. The van der Waals surface area contributed by atoms with E-state index in [-0.39, 0.29) is 5.56 Å². The van der Waals surface area contributed by atoms with E-state index in [0.29, 0.717) is 16.5 Å². The van der Waals surface area contributed by atoms with Crippen LogP contribution in [0.25, 0.3) is 5.65 Å². The number of rotatable bonds is 6. The van der Waals surface area contributed by atoms with Gasteiger partial charge in [-0.3, -0.25) is 9.20 Å². The van der Waals surface area contributed by atoms with E-state index in [9.17, 15) is 4.79 Å². The Morgan fingerprint density at radius 2 is 2.11 bits per heavy atom. The van der Waals surface area contributed by atoms with E-state index < -0.39 is 0 Å². The predicted octanol–water partition coefficient (Wildman–Crippen LogP) is 3.90. The number of thioether (sulfide) groups is 1. The largest absolute Gasteiger partial charge is 0.497 e. The number of hydrogen-bond donors (Lipinski definition) is 1. The Morgan fingerprint density at radius 1 is 1.21 bits per heavy atom. The van der Waals surface area contributed by atoms with Crippen LogP contribution in [0.1, 0.15) is 11.3 Å². The quantitative estimate of drug-likeness (QED) is 0.482.